The number of aryl methyl sites for hydroxylation is 1. The fourth-order valence-electron chi connectivity index (χ4n) is 3.70. The largest absolute Gasteiger partial charge is 0.477 e. The van der Waals surface area contributed by atoms with Crippen LogP contribution in [-0.2, 0) is 11.2 Å². The van der Waals surface area contributed by atoms with E-state index in [9.17, 15) is 14.4 Å². The topological polar surface area (TPSA) is 88.9 Å². The molecule has 0 spiro atoms. The van der Waals surface area contributed by atoms with Crippen LogP contribution >= 0.6 is 0 Å². The molecular formula is C20H20N2O5. The number of amides is 2. The molecule has 7 nitrogen and oxygen atoms in total. The van der Waals surface area contributed by atoms with E-state index < -0.39 is 6.10 Å². The van der Waals surface area contributed by atoms with Gasteiger partial charge in [0.2, 0.25) is 0 Å². The molecule has 1 aliphatic carbocycles. The lowest BCUT2D eigenvalue weighted by Crippen LogP contribution is -2.50. The minimum atomic E-state index is -0.819. The Kier molecular flexibility index (Phi) is 4.22. The first-order valence-electron chi connectivity index (χ1n) is 8.96. The van der Waals surface area contributed by atoms with Crippen molar-refractivity contribution in [2.75, 3.05) is 18.5 Å². The summed E-state index contributed by atoms with van der Waals surface area (Å²) in [5.41, 5.74) is 1.68. The fraction of sp³-hybridized carbons (Fsp3) is 0.350. The van der Waals surface area contributed by atoms with Gasteiger partial charge in [0.25, 0.3) is 11.8 Å². The number of para-hydroxylation sites is 2. The van der Waals surface area contributed by atoms with E-state index in [0.717, 1.165) is 6.42 Å². The Morgan fingerprint density at radius 1 is 1.22 bits per heavy atom. The highest BCUT2D eigenvalue weighted by Gasteiger charge is 2.37. The second-order valence-corrected chi connectivity index (χ2v) is 6.74. The van der Waals surface area contributed by atoms with E-state index in [1.807, 2.05) is 0 Å². The highest BCUT2D eigenvalue weighted by molar-refractivity contribution is 6.10. The molecule has 1 N–H and O–H groups in total. The van der Waals surface area contributed by atoms with Crippen LogP contribution in [0.3, 0.4) is 0 Å². The lowest BCUT2D eigenvalue weighted by Gasteiger charge is -2.33. The Balaban J connectivity index is 1.75. The Bertz CT molecular complexity index is 946. The molecule has 2 heterocycles. The molecule has 27 heavy (non-hydrogen) atoms. The molecule has 7 heteroatoms. The van der Waals surface area contributed by atoms with Crippen LogP contribution in [0.4, 0.5) is 5.69 Å². The number of carbonyl (C=O) groups excluding carboxylic acids is 3. The number of nitrogens with zero attached hydrogens (tertiary/aromatic N) is 1. The number of carbonyl (C=O) groups is 3. The third kappa shape index (κ3) is 2.79. The molecular weight excluding hydrogens is 348 g/mol. The predicted molar refractivity (Wildman–Crippen MR) is 97.3 cm³/mol. The van der Waals surface area contributed by atoms with Crippen molar-refractivity contribution >= 4 is 23.3 Å². The van der Waals surface area contributed by atoms with Gasteiger partial charge in [0.1, 0.15) is 11.5 Å². The van der Waals surface area contributed by atoms with Gasteiger partial charge in [-0.1, -0.05) is 12.1 Å². The molecule has 0 saturated heterocycles. The number of rotatable bonds is 2. The van der Waals surface area contributed by atoms with Crippen molar-refractivity contribution < 1.29 is 23.5 Å². The third-order valence-electron chi connectivity index (χ3n) is 5.06. The zero-order chi connectivity index (χ0) is 19.1. The molecule has 0 radical (unpaired) electrons. The van der Waals surface area contributed by atoms with Gasteiger partial charge in [0.15, 0.2) is 17.6 Å². The number of ketones is 1. The summed E-state index contributed by atoms with van der Waals surface area (Å²) in [5, 5.41) is 2.55. The quantitative estimate of drug-likeness (QED) is 0.878. The summed E-state index contributed by atoms with van der Waals surface area (Å²) in [6.07, 6.45) is 1.03. The molecule has 1 aromatic carbocycles. The molecule has 1 atom stereocenters. The van der Waals surface area contributed by atoms with Crippen molar-refractivity contribution in [1.29, 1.82) is 0 Å². The van der Waals surface area contributed by atoms with E-state index in [4.69, 9.17) is 9.15 Å². The maximum Gasteiger partial charge on any atom is 0.294 e. The highest BCUT2D eigenvalue weighted by Crippen LogP contribution is 2.36. The molecule has 2 aromatic rings. The van der Waals surface area contributed by atoms with Crippen LogP contribution in [0.2, 0.25) is 0 Å². The number of furan rings is 1. The average molecular weight is 368 g/mol. The molecule has 0 unspecified atom stereocenters. The van der Waals surface area contributed by atoms with Crippen molar-refractivity contribution in [3.05, 3.63) is 46.9 Å². The molecule has 1 aliphatic heterocycles. The summed E-state index contributed by atoms with van der Waals surface area (Å²) < 4.78 is 11.5. The number of benzene rings is 1. The smallest absolute Gasteiger partial charge is 0.294 e. The van der Waals surface area contributed by atoms with Gasteiger partial charge in [-0.3, -0.25) is 19.3 Å². The molecule has 4 rings (SSSR count). The number of hydrogen-bond acceptors (Lipinski definition) is 5. The first-order chi connectivity index (χ1) is 13.0. The maximum atomic E-state index is 13.3. The lowest BCUT2D eigenvalue weighted by molar-refractivity contribution is -0.127. The third-order valence-corrected chi connectivity index (χ3v) is 5.06. The number of likely N-dealkylation sites (N-methyl/N-ethyl adjacent to an activating group) is 1. The SMILES string of the molecule is CNC(=O)[C@@H]1CN(C(=O)c2oc3c(c2C)C(=O)CCC3)c2ccccc2O1. The van der Waals surface area contributed by atoms with Crippen molar-refractivity contribution in [2.24, 2.45) is 0 Å². The number of hydrogen-bond donors (Lipinski definition) is 1. The standard InChI is InChI=1S/C20H20N2O5/c1-11-17-13(23)7-5-9-15(17)27-18(11)20(25)22-10-16(19(24)21-2)26-14-8-4-3-6-12(14)22/h3-4,6,8,16H,5,7,9-10H2,1-2H3,(H,21,24)/t16-/m0/s1. The Labute approximate surface area is 156 Å². The highest BCUT2D eigenvalue weighted by atomic mass is 16.5. The van der Waals surface area contributed by atoms with Crippen LogP contribution in [0.15, 0.2) is 28.7 Å². The van der Waals surface area contributed by atoms with Gasteiger partial charge in [-0.2, -0.15) is 0 Å². The van der Waals surface area contributed by atoms with Crippen molar-refractivity contribution in [3.8, 4) is 5.75 Å². The maximum absolute atomic E-state index is 13.3. The summed E-state index contributed by atoms with van der Waals surface area (Å²) >= 11 is 0. The average Bonchev–Trinajstić information content (AvgIpc) is 3.03. The normalized spacial score (nSPS) is 18.4. The first-order valence-corrected chi connectivity index (χ1v) is 8.96. The Morgan fingerprint density at radius 3 is 2.74 bits per heavy atom. The molecule has 0 fully saturated rings. The van der Waals surface area contributed by atoms with E-state index in [2.05, 4.69) is 5.32 Å². The minimum absolute atomic E-state index is 0.0159. The van der Waals surface area contributed by atoms with Crippen molar-refractivity contribution in [1.82, 2.24) is 5.32 Å². The summed E-state index contributed by atoms with van der Waals surface area (Å²) in [6, 6.07) is 7.06. The summed E-state index contributed by atoms with van der Waals surface area (Å²) in [7, 11) is 1.52. The summed E-state index contributed by atoms with van der Waals surface area (Å²) in [5.74, 6) is 0.518. The first kappa shape index (κ1) is 17.3. The lowest BCUT2D eigenvalue weighted by atomic mass is 9.94. The van der Waals surface area contributed by atoms with E-state index >= 15 is 0 Å². The molecule has 0 saturated carbocycles. The van der Waals surface area contributed by atoms with Gasteiger partial charge in [-0.25, -0.2) is 0 Å². The number of Topliss-reactive ketones (excluding diaryl/α,β-unsaturated/α-hetero) is 1. The van der Waals surface area contributed by atoms with Crippen LogP contribution < -0.4 is 15.0 Å². The van der Waals surface area contributed by atoms with E-state index in [-0.39, 0.29) is 29.9 Å². The monoisotopic (exact) mass is 368 g/mol. The van der Waals surface area contributed by atoms with Crippen LogP contribution in [-0.4, -0.2) is 37.3 Å². The number of ether oxygens (including phenoxy) is 1. The van der Waals surface area contributed by atoms with Crippen LogP contribution in [0, 0.1) is 6.92 Å². The molecule has 0 bridgehead atoms. The van der Waals surface area contributed by atoms with Crippen LogP contribution in [0.1, 0.15) is 45.1 Å². The van der Waals surface area contributed by atoms with Gasteiger partial charge in [0.05, 0.1) is 17.8 Å². The second kappa shape index (κ2) is 6.57. The van der Waals surface area contributed by atoms with Crippen LogP contribution in [0.25, 0.3) is 0 Å². The van der Waals surface area contributed by atoms with E-state index in [0.29, 0.717) is 41.2 Å². The number of nitrogens with one attached hydrogen (secondary N) is 1. The number of anilines is 1. The molecule has 1 aromatic heterocycles. The summed E-state index contributed by atoms with van der Waals surface area (Å²) in [4.78, 5) is 39.1. The molecule has 2 aliphatic rings. The van der Waals surface area contributed by atoms with Gasteiger partial charge in [0, 0.05) is 25.5 Å². The molecule has 140 valence electrons. The molecule has 2 amide bonds. The van der Waals surface area contributed by atoms with Crippen molar-refractivity contribution in [3.63, 3.8) is 0 Å². The van der Waals surface area contributed by atoms with Crippen LogP contribution in [0.5, 0.6) is 5.75 Å². The number of fused-ring (bicyclic) bond motifs is 2. The van der Waals surface area contributed by atoms with E-state index in [1.165, 1.54) is 11.9 Å². The Hall–Kier alpha value is -3.09. The second-order valence-electron chi connectivity index (χ2n) is 6.74. The van der Waals surface area contributed by atoms with E-state index in [1.54, 1.807) is 31.2 Å². The van der Waals surface area contributed by atoms with Gasteiger partial charge < -0.3 is 14.5 Å². The Morgan fingerprint density at radius 2 is 2.00 bits per heavy atom. The van der Waals surface area contributed by atoms with Gasteiger partial charge in [-0.15, -0.1) is 0 Å². The predicted octanol–water partition coefficient (Wildman–Crippen LogP) is 2.26. The minimum Gasteiger partial charge on any atom is -0.477 e. The summed E-state index contributed by atoms with van der Waals surface area (Å²) in [6.45, 7) is 1.80. The fourth-order valence-corrected chi connectivity index (χ4v) is 3.70. The zero-order valence-corrected chi connectivity index (χ0v) is 15.2. The van der Waals surface area contributed by atoms with Gasteiger partial charge in [-0.05, 0) is 25.5 Å². The van der Waals surface area contributed by atoms with Crippen molar-refractivity contribution in [2.45, 2.75) is 32.3 Å². The zero-order valence-electron chi connectivity index (χ0n) is 15.2. The van der Waals surface area contributed by atoms with Gasteiger partial charge >= 0.3 is 0 Å².